The zero-order chi connectivity index (χ0) is 23.3. The summed E-state index contributed by atoms with van der Waals surface area (Å²) in [4.78, 5) is 16.8. The van der Waals surface area contributed by atoms with Crippen LogP contribution in [0.5, 0.6) is 0 Å². The van der Waals surface area contributed by atoms with Crippen LogP contribution in [0.15, 0.2) is 60.7 Å². The minimum atomic E-state index is 0.544. The van der Waals surface area contributed by atoms with Gasteiger partial charge in [0.1, 0.15) is 11.6 Å². The van der Waals surface area contributed by atoms with E-state index in [0.717, 1.165) is 63.9 Å². The maximum atomic E-state index is 5.47. The third-order valence-electron chi connectivity index (χ3n) is 6.35. The predicted octanol–water partition coefficient (Wildman–Crippen LogP) is 4.02. The fourth-order valence-corrected chi connectivity index (χ4v) is 4.71. The van der Waals surface area contributed by atoms with Crippen molar-refractivity contribution >= 4 is 40.6 Å². The van der Waals surface area contributed by atoms with Crippen LogP contribution in [0.3, 0.4) is 0 Å². The van der Waals surface area contributed by atoms with E-state index in [1.807, 2.05) is 0 Å². The average Bonchev–Trinajstić information content (AvgIpc) is 3.32. The van der Waals surface area contributed by atoms with E-state index in [4.69, 9.17) is 22.2 Å². The summed E-state index contributed by atoms with van der Waals surface area (Å²) in [6, 6.07) is 21.3. The number of hydrogen-bond acceptors (Lipinski definition) is 6. The summed E-state index contributed by atoms with van der Waals surface area (Å²) in [5.41, 5.74) is 3.98. The van der Waals surface area contributed by atoms with Crippen molar-refractivity contribution in [1.82, 2.24) is 15.3 Å². The minimum absolute atomic E-state index is 0.544. The van der Waals surface area contributed by atoms with E-state index < -0.39 is 0 Å². The first-order valence-electron chi connectivity index (χ1n) is 12.0. The lowest BCUT2D eigenvalue weighted by Gasteiger charge is -2.37. The molecule has 0 aliphatic carbocycles. The van der Waals surface area contributed by atoms with Gasteiger partial charge in [-0.3, -0.25) is 0 Å². The van der Waals surface area contributed by atoms with Crippen LogP contribution in [0.25, 0.3) is 0 Å². The van der Waals surface area contributed by atoms with Crippen molar-refractivity contribution in [3.63, 3.8) is 0 Å². The van der Waals surface area contributed by atoms with Crippen molar-refractivity contribution in [3.05, 3.63) is 71.8 Å². The van der Waals surface area contributed by atoms with Gasteiger partial charge < -0.3 is 25.3 Å². The van der Waals surface area contributed by atoms with Crippen LogP contribution in [-0.2, 0) is 13.1 Å². The Hall–Kier alpha value is -3.39. The SMILES string of the molecule is CCCNC(=S)Nc1nc(N2CCN(c3ccccc3)CC2)cc(N2Cc3ccccc3C2)n1. The molecule has 0 spiro atoms. The molecule has 0 bridgehead atoms. The molecule has 1 fully saturated rings. The monoisotopic (exact) mass is 473 g/mol. The normalized spacial score (nSPS) is 15.3. The van der Waals surface area contributed by atoms with Gasteiger partial charge in [0.05, 0.1) is 0 Å². The van der Waals surface area contributed by atoms with E-state index in [9.17, 15) is 0 Å². The molecular weight excluding hydrogens is 442 g/mol. The lowest BCUT2D eigenvalue weighted by molar-refractivity contribution is 0.647. The number of para-hydroxylation sites is 1. The van der Waals surface area contributed by atoms with Crippen LogP contribution >= 0.6 is 12.2 Å². The summed E-state index contributed by atoms with van der Waals surface area (Å²) >= 11 is 5.47. The Morgan fingerprint density at radius 3 is 2.06 bits per heavy atom. The summed E-state index contributed by atoms with van der Waals surface area (Å²) in [7, 11) is 0. The first kappa shape index (κ1) is 22.4. The quantitative estimate of drug-likeness (QED) is 0.521. The molecule has 0 atom stereocenters. The molecule has 7 nitrogen and oxygen atoms in total. The highest BCUT2D eigenvalue weighted by Gasteiger charge is 2.24. The van der Waals surface area contributed by atoms with Gasteiger partial charge in [-0.15, -0.1) is 0 Å². The molecule has 5 rings (SSSR count). The van der Waals surface area contributed by atoms with Gasteiger partial charge in [0, 0.05) is 57.6 Å². The minimum Gasteiger partial charge on any atom is -0.368 e. The molecule has 2 aliphatic heterocycles. The topological polar surface area (TPSA) is 59.6 Å². The van der Waals surface area contributed by atoms with E-state index >= 15 is 0 Å². The summed E-state index contributed by atoms with van der Waals surface area (Å²) in [6.45, 7) is 8.37. The largest absolute Gasteiger partial charge is 0.368 e. The number of anilines is 4. The third kappa shape index (κ3) is 5.07. The van der Waals surface area contributed by atoms with Crippen molar-refractivity contribution in [2.45, 2.75) is 26.4 Å². The maximum absolute atomic E-state index is 5.47. The van der Waals surface area contributed by atoms with Gasteiger partial charge in [0.25, 0.3) is 0 Å². The van der Waals surface area contributed by atoms with E-state index in [1.165, 1.54) is 16.8 Å². The molecule has 1 aromatic heterocycles. The molecule has 1 saturated heterocycles. The second-order valence-corrected chi connectivity index (χ2v) is 9.13. The number of nitrogens with one attached hydrogen (secondary N) is 2. The van der Waals surface area contributed by atoms with Crippen molar-refractivity contribution in [1.29, 1.82) is 0 Å². The fraction of sp³-hybridized carbons (Fsp3) is 0.346. The zero-order valence-electron chi connectivity index (χ0n) is 19.6. The van der Waals surface area contributed by atoms with E-state index in [-0.39, 0.29) is 0 Å². The number of fused-ring (bicyclic) bond motifs is 1. The molecule has 34 heavy (non-hydrogen) atoms. The van der Waals surface area contributed by atoms with Gasteiger partial charge in [-0.1, -0.05) is 49.4 Å². The summed E-state index contributed by atoms with van der Waals surface area (Å²) in [6.07, 6.45) is 1.01. The van der Waals surface area contributed by atoms with Crippen LogP contribution < -0.4 is 25.3 Å². The second kappa shape index (κ2) is 10.3. The lowest BCUT2D eigenvalue weighted by atomic mass is 10.1. The van der Waals surface area contributed by atoms with Gasteiger partial charge in [-0.25, -0.2) is 0 Å². The molecule has 3 aromatic rings. The fourth-order valence-electron chi connectivity index (χ4n) is 4.51. The van der Waals surface area contributed by atoms with E-state index in [0.29, 0.717) is 11.1 Å². The first-order valence-corrected chi connectivity index (χ1v) is 12.4. The van der Waals surface area contributed by atoms with Gasteiger partial charge in [0.2, 0.25) is 5.95 Å². The maximum Gasteiger partial charge on any atom is 0.232 e. The Balaban J connectivity index is 1.36. The second-order valence-electron chi connectivity index (χ2n) is 8.72. The van der Waals surface area contributed by atoms with Crippen molar-refractivity contribution in [3.8, 4) is 0 Å². The van der Waals surface area contributed by atoms with Gasteiger partial charge in [-0.05, 0) is 41.9 Å². The standard InChI is InChI=1S/C26H31N7S/c1-2-12-27-26(34)30-25-28-23(32-15-13-31(14-16-32)22-10-4-3-5-11-22)17-24(29-25)33-18-20-8-6-7-9-21(20)19-33/h3-11,17H,2,12-16,18-19H2,1H3,(H2,27,28,29,30,34). The van der Waals surface area contributed by atoms with Gasteiger partial charge >= 0.3 is 0 Å². The molecule has 0 unspecified atom stereocenters. The summed E-state index contributed by atoms with van der Waals surface area (Å²) in [5, 5.41) is 6.98. The Kier molecular flexibility index (Phi) is 6.76. The van der Waals surface area contributed by atoms with Gasteiger partial charge in [-0.2, -0.15) is 9.97 Å². The number of rotatable bonds is 6. The number of hydrogen-bond donors (Lipinski definition) is 2. The van der Waals surface area contributed by atoms with E-state index in [2.05, 4.69) is 92.9 Å². The van der Waals surface area contributed by atoms with Crippen LogP contribution in [0, 0.1) is 0 Å². The number of piperazine rings is 1. The number of benzene rings is 2. The lowest BCUT2D eigenvalue weighted by Crippen LogP contribution is -2.47. The van der Waals surface area contributed by atoms with Crippen molar-refractivity contribution in [2.75, 3.05) is 52.7 Å². The smallest absolute Gasteiger partial charge is 0.232 e. The summed E-state index contributed by atoms with van der Waals surface area (Å²) < 4.78 is 0. The highest BCUT2D eigenvalue weighted by molar-refractivity contribution is 7.80. The molecule has 2 aliphatic rings. The molecule has 0 saturated carbocycles. The van der Waals surface area contributed by atoms with Crippen LogP contribution in [-0.4, -0.2) is 47.8 Å². The average molecular weight is 474 g/mol. The number of thiocarbonyl (C=S) groups is 1. The number of aromatic nitrogens is 2. The van der Waals surface area contributed by atoms with E-state index in [1.54, 1.807) is 0 Å². The predicted molar refractivity (Wildman–Crippen MR) is 144 cm³/mol. The van der Waals surface area contributed by atoms with Crippen LogP contribution in [0.1, 0.15) is 24.5 Å². The highest BCUT2D eigenvalue weighted by atomic mass is 32.1. The number of nitrogens with zero attached hydrogens (tertiary/aromatic N) is 5. The Labute approximate surface area is 206 Å². The van der Waals surface area contributed by atoms with Crippen molar-refractivity contribution in [2.24, 2.45) is 0 Å². The molecule has 176 valence electrons. The molecule has 2 aromatic carbocycles. The Morgan fingerprint density at radius 1 is 0.824 bits per heavy atom. The first-order chi connectivity index (χ1) is 16.7. The van der Waals surface area contributed by atoms with Crippen molar-refractivity contribution < 1.29 is 0 Å². The third-order valence-corrected chi connectivity index (χ3v) is 6.60. The van der Waals surface area contributed by atoms with Gasteiger partial charge in [0.15, 0.2) is 5.11 Å². The Morgan fingerprint density at radius 2 is 1.41 bits per heavy atom. The molecular formula is C26H31N7S. The van der Waals surface area contributed by atoms with Crippen LogP contribution in [0.4, 0.5) is 23.3 Å². The highest BCUT2D eigenvalue weighted by Crippen LogP contribution is 2.30. The molecule has 0 radical (unpaired) electrons. The molecule has 8 heteroatoms. The zero-order valence-corrected chi connectivity index (χ0v) is 20.4. The Bertz CT molecular complexity index is 1100. The summed E-state index contributed by atoms with van der Waals surface area (Å²) in [5.74, 6) is 2.41. The molecule has 3 heterocycles. The molecule has 0 amide bonds. The molecule has 2 N–H and O–H groups in total. The van der Waals surface area contributed by atoms with Crippen LogP contribution in [0.2, 0.25) is 0 Å².